The molecule has 0 spiro atoms. The van der Waals surface area contributed by atoms with Gasteiger partial charge in [0.15, 0.2) is 0 Å². The summed E-state index contributed by atoms with van der Waals surface area (Å²) in [5.41, 5.74) is 0.891. The van der Waals surface area contributed by atoms with E-state index in [1.54, 1.807) is 0 Å². The molecule has 0 heterocycles. The van der Waals surface area contributed by atoms with Crippen molar-refractivity contribution in [1.82, 2.24) is 0 Å². The number of benzene rings is 1. The molecule has 69 valence electrons. The van der Waals surface area contributed by atoms with Crippen molar-refractivity contribution in [2.75, 3.05) is 6.61 Å². The minimum atomic E-state index is 0.0702. The van der Waals surface area contributed by atoms with Crippen molar-refractivity contribution in [1.29, 1.82) is 0 Å². The third-order valence-electron chi connectivity index (χ3n) is 1.65. The first-order valence-corrected chi connectivity index (χ1v) is 4.19. The maximum absolute atomic E-state index is 8.78. The van der Waals surface area contributed by atoms with Crippen LogP contribution in [0.25, 0.3) is 0 Å². The molecule has 0 aliphatic rings. The van der Waals surface area contributed by atoms with E-state index in [-0.39, 0.29) is 6.61 Å². The van der Waals surface area contributed by atoms with E-state index in [0.29, 0.717) is 6.61 Å². The molecule has 13 heavy (non-hydrogen) atoms. The van der Waals surface area contributed by atoms with Gasteiger partial charge in [-0.1, -0.05) is 18.7 Å². The summed E-state index contributed by atoms with van der Waals surface area (Å²) in [5, 5.41) is 8.78. The minimum Gasteiger partial charge on any atom is -0.493 e. The molecule has 1 rings (SSSR count). The Morgan fingerprint density at radius 3 is 2.54 bits per heavy atom. The van der Waals surface area contributed by atoms with Crippen LogP contribution >= 0.6 is 0 Å². The van der Waals surface area contributed by atoms with Crippen molar-refractivity contribution >= 4 is 0 Å². The molecule has 0 fully saturated rings. The first kappa shape index (κ1) is 9.81. The molecular formula is C11H13O2. The van der Waals surface area contributed by atoms with Gasteiger partial charge >= 0.3 is 0 Å². The van der Waals surface area contributed by atoms with Crippen LogP contribution in [0.2, 0.25) is 0 Å². The largest absolute Gasteiger partial charge is 0.493 e. The molecule has 0 aliphatic heterocycles. The summed E-state index contributed by atoms with van der Waals surface area (Å²) in [7, 11) is 0. The quantitative estimate of drug-likeness (QED) is 0.696. The fourth-order valence-corrected chi connectivity index (χ4v) is 0.932. The van der Waals surface area contributed by atoms with Crippen molar-refractivity contribution in [3.05, 3.63) is 42.5 Å². The zero-order chi connectivity index (χ0) is 9.52. The van der Waals surface area contributed by atoms with Gasteiger partial charge in [-0.25, -0.2) is 0 Å². The standard InChI is InChI=1S/C11H13O2/c1-2-3-8-13-11-6-4-10(9-12)5-7-11/h4-7,12H,1,3,8-9H2. The summed E-state index contributed by atoms with van der Waals surface area (Å²) in [6, 6.07) is 7.36. The summed E-state index contributed by atoms with van der Waals surface area (Å²) in [6.07, 6.45) is 3.47. The number of ether oxygens (including phenoxy) is 1. The van der Waals surface area contributed by atoms with Crippen LogP contribution in [0.3, 0.4) is 0 Å². The number of hydrogen-bond acceptors (Lipinski definition) is 2. The Kier molecular flexibility index (Phi) is 4.06. The summed E-state index contributed by atoms with van der Waals surface area (Å²) in [4.78, 5) is 0. The summed E-state index contributed by atoms with van der Waals surface area (Å²) >= 11 is 0. The molecule has 1 aromatic carbocycles. The van der Waals surface area contributed by atoms with Crippen molar-refractivity contribution in [3.8, 4) is 5.75 Å². The lowest BCUT2D eigenvalue weighted by Crippen LogP contribution is -1.95. The third-order valence-corrected chi connectivity index (χ3v) is 1.65. The van der Waals surface area contributed by atoms with E-state index in [0.717, 1.165) is 17.7 Å². The zero-order valence-corrected chi connectivity index (χ0v) is 7.49. The molecule has 0 amide bonds. The SMILES string of the molecule is C=[C]CCOc1ccc(CO)cc1. The number of aliphatic hydroxyl groups excluding tert-OH is 1. The van der Waals surface area contributed by atoms with E-state index in [9.17, 15) is 0 Å². The predicted molar refractivity (Wildman–Crippen MR) is 51.3 cm³/mol. The van der Waals surface area contributed by atoms with Crippen LogP contribution < -0.4 is 4.74 Å². The van der Waals surface area contributed by atoms with Crippen molar-refractivity contribution in [2.24, 2.45) is 0 Å². The Labute approximate surface area is 78.5 Å². The van der Waals surface area contributed by atoms with E-state index >= 15 is 0 Å². The summed E-state index contributed by atoms with van der Waals surface area (Å²) in [6.45, 7) is 4.15. The smallest absolute Gasteiger partial charge is 0.119 e. The van der Waals surface area contributed by atoms with Gasteiger partial charge in [0.05, 0.1) is 13.2 Å². The molecule has 2 nitrogen and oxygen atoms in total. The highest BCUT2D eigenvalue weighted by atomic mass is 16.5. The van der Waals surface area contributed by atoms with Crippen LogP contribution in [0, 0.1) is 6.08 Å². The van der Waals surface area contributed by atoms with Crippen molar-refractivity contribution < 1.29 is 9.84 Å². The molecule has 2 heteroatoms. The van der Waals surface area contributed by atoms with Crippen molar-refractivity contribution in [2.45, 2.75) is 13.0 Å². The number of hydrogen-bond donors (Lipinski definition) is 1. The second kappa shape index (κ2) is 5.38. The molecule has 0 aliphatic carbocycles. The van der Waals surface area contributed by atoms with Gasteiger partial charge in [-0.3, -0.25) is 0 Å². The van der Waals surface area contributed by atoms with Gasteiger partial charge in [0.2, 0.25) is 0 Å². The van der Waals surface area contributed by atoms with Gasteiger partial charge in [0.25, 0.3) is 0 Å². The lowest BCUT2D eigenvalue weighted by molar-refractivity contribution is 0.281. The van der Waals surface area contributed by atoms with Crippen LogP contribution in [-0.4, -0.2) is 11.7 Å². The second-order valence-corrected chi connectivity index (χ2v) is 2.65. The fraction of sp³-hybridized carbons (Fsp3) is 0.273. The minimum absolute atomic E-state index is 0.0702. The molecule has 0 aromatic heterocycles. The van der Waals surface area contributed by atoms with Gasteiger partial charge in [-0.2, -0.15) is 0 Å². The number of rotatable bonds is 5. The highest BCUT2D eigenvalue weighted by Gasteiger charge is 1.93. The monoisotopic (exact) mass is 177 g/mol. The molecule has 0 unspecified atom stereocenters. The molecule has 0 bridgehead atoms. The van der Waals surface area contributed by atoms with Crippen LogP contribution in [0.4, 0.5) is 0 Å². The Balaban J connectivity index is 2.44. The van der Waals surface area contributed by atoms with E-state index in [2.05, 4.69) is 12.7 Å². The Bertz CT molecular complexity index is 251. The average Bonchev–Trinajstić information content (AvgIpc) is 2.19. The van der Waals surface area contributed by atoms with E-state index in [4.69, 9.17) is 9.84 Å². The Hall–Kier alpha value is -1.28. The predicted octanol–water partition coefficient (Wildman–Crippen LogP) is 1.94. The molecular weight excluding hydrogens is 164 g/mol. The van der Waals surface area contributed by atoms with Gasteiger partial charge in [-0.15, -0.1) is 0 Å². The van der Waals surface area contributed by atoms with Gasteiger partial charge in [-0.05, 0) is 23.8 Å². The first-order chi connectivity index (χ1) is 6.36. The third kappa shape index (κ3) is 3.30. The van der Waals surface area contributed by atoms with Crippen LogP contribution in [0.15, 0.2) is 30.8 Å². The van der Waals surface area contributed by atoms with Crippen LogP contribution in [0.5, 0.6) is 5.75 Å². The van der Waals surface area contributed by atoms with E-state index in [1.165, 1.54) is 0 Å². The lowest BCUT2D eigenvalue weighted by atomic mass is 10.2. The van der Waals surface area contributed by atoms with E-state index < -0.39 is 0 Å². The van der Waals surface area contributed by atoms with Crippen molar-refractivity contribution in [3.63, 3.8) is 0 Å². The molecule has 0 saturated carbocycles. The highest BCUT2D eigenvalue weighted by Crippen LogP contribution is 2.12. The lowest BCUT2D eigenvalue weighted by Gasteiger charge is -2.04. The van der Waals surface area contributed by atoms with Gasteiger partial charge in [0.1, 0.15) is 5.75 Å². The fourth-order valence-electron chi connectivity index (χ4n) is 0.932. The molecule has 1 aromatic rings. The first-order valence-electron chi connectivity index (χ1n) is 4.19. The highest BCUT2D eigenvalue weighted by molar-refractivity contribution is 5.26. The summed E-state index contributed by atoms with van der Waals surface area (Å²) < 4.78 is 5.36. The topological polar surface area (TPSA) is 29.5 Å². The van der Waals surface area contributed by atoms with Crippen LogP contribution in [-0.2, 0) is 6.61 Å². The Morgan fingerprint density at radius 1 is 1.31 bits per heavy atom. The molecule has 0 saturated heterocycles. The zero-order valence-electron chi connectivity index (χ0n) is 7.49. The molecule has 0 atom stereocenters. The maximum Gasteiger partial charge on any atom is 0.119 e. The molecule has 1 N–H and O–H groups in total. The second-order valence-electron chi connectivity index (χ2n) is 2.65. The number of aliphatic hydroxyl groups is 1. The maximum atomic E-state index is 8.78. The van der Waals surface area contributed by atoms with Crippen LogP contribution in [0.1, 0.15) is 12.0 Å². The van der Waals surface area contributed by atoms with E-state index in [1.807, 2.05) is 24.3 Å². The van der Waals surface area contributed by atoms with Gasteiger partial charge < -0.3 is 9.84 Å². The normalized spacial score (nSPS) is 9.62. The summed E-state index contributed by atoms with van der Waals surface area (Å²) in [5.74, 6) is 0.812. The Morgan fingerprint density at radius 2 is 2.00 bits per heavy atom. The average molecular weight is 177 g/mol. The van der Waals surface area contributed by atoms with Gasteiger partial charge in [0, 0.05) is 6.42 Å². The molecule has 1 radical (unpaired) electrons.